The normalized spacial score (nSPS) is 12.7. The molecule has 0 saturated carbocycles. The highest BCUT2D eigenvalue weighted by Gasteiger charge is 2.31. The average Bonchev–Trinajstić information content (AvgIpc) is 3.26. The van der Waals surface area contributed by atoms with Gasteiger partial charge in [-0.05, 0) is 30.3 Å². The first-order valence-corrected chi connectivity index (χ1v) is 10.7. The summed E-state index contributed by atoms with van der Waals surface area (Å²) in [4.78, 5) is 8.38. The van der Waals surface area contributed by atoms with Crippen LogP contribution in [0.25, 0.3) is 22.0 Å². The second kappa shape index (κ2) is 8.23. The number of alkyl halides is 3. The zero-order chi connectivity index (χ0) is 22.2. The highest BCUT2D eigenvalue weighted by Crippen LogP contribution is 2.39. The monoisotopic (exact) mass is 467 g/mol. The highest BCUT2D eigenvalue weighted by atomic mass is 32.2. The first-order valence-electron chi connectivity index (χ1n) is 8.69. The lowest BCUT2D eigenvalue weighted by molar-refractivity contribution is -0.137. The predicted octanol–water partition coefficient (Wildman–Crippen LogP) is 5.66. The maximum Gasteiger partial charge on any atom is 0.416 e. The van der Waals surface area contributed by atoms with Crippen LogP contribution in [-0.2, 0) is 17.2 Å². The van der Waals surface area contributed by atoms with Crippen molar-refractivity contribution in [3.63, 3.8) is 0 Å². The number of hydrogen-bond donors (Lipinski definition) is 1. The van der Waals surface area contributed by atoms with Crippen LogP contribution in [0.4, 0.5) is 22.7 Å². The molecule has 0 spiro atoms. The number of nitrogens with one attached hydrogen (secondary N) is 1. The van der Waals surface area contributed by atoms with Gasteiger partial charge in [0.2, 0.25) is 0 Å². The summed E-state index contributed by atoms with van der Waals surface area (Å²) in [6.07, 6.45) is -2.01. The number of aromatic nitrogens is 2. The van der Waals surface area contributed by atoms with Gasteiger partial charge in [-0.2, -0.15) is 13.2 Å². The zero-order valence-corrected chi connectivity index (χ0v) is 17.4. The SMILES string of the molecule is COc1cc(C(F)(F)F)ccc1-c1ncc(F)c2cc(S(=O)Nc3nccs3)ccc12. The lowest BCUT2D eigenvalue weighted by Crippen LogP contribution is -2.06. The number of pyridine rings is 1. The molecule has 2 aromatic heterocycles. The minimum absolute atomic E-state index is 0.0478. The Hall–Kier alpha value is -3.05. The van der Waals surface area contributed by atoms with E-state index in [0.29, 0.717) is 15.4 Å². The summed E-state index contributed by atoms with van der Waals surface area (Å²) in [7, 11) is -0.440. The van der Waals surface area contributed by atoms with Gasteiger partial charge in [-0.25, -0.2) is 13.6 Å². The van der Waals surface area contributed by atoms with E-state index in [1.54, 1.807) is 11.6 Å². The van der Waals surface area contributed by atoms with E-state index in [0.717, 1.165) is 18.3 Å². The molecule has 0 aliphatic heterocycles. The number of anilines is 1. The number of ether oxygens (including phenoxy) is 1. The standard InChI is InChI=1S/C20H13F4N3O2S2/c1-29-17-8-11(20(22,23)24)2-4-14(17)18-13-5-3-12(9-15(13)16(21)10-26-18)31(28)27-19-25-6-7-30-19/h2-10H,1H3,(H,25,27). The van der Waals surface area contributed by atoms with Gasteiger partial charge in [0.1, 0.15) is 11.6 Å². The van der Waals surface area contributed by atoms with E-state index in [1.165, 1.54) is 42.7 Å². The summed E-state index contributed by atoms with van der Waals surface area (Å²) >= 11 is 1.27. The molecule has 0 fully saturated rings. The van der Waals surface area contributed by atoms with Gasteiger partial charge in [0.05, 0.1) is 29.5 Å². The van der Waals surface area contributed by atoms with Crippen LogP contribution in [0.15, 0.2) is 59.1 Å². The van der Waals surface area contributed by atoms with Crippen LogP contribution in [0.5, 0.6) is 5.75 Å². The molecule has 0 amide bonds. The van der Waals surface area contributed by atoms with Gasteiger partial charge in [-0.3, -0.25) is 9.71 Å². The van der Waals surface area contributed by atoms with E-state index in [9.17, 15) is 21.8 Å². The fourth-order valence-corrected chi connectivity index (χ4v) is 4.53. The molecular weight excluding hydrogens is 454 g/mol. The number of thiazole rings is 1. The summed E-state index contributed by atoms with van der Waals surface area (Å²) < 4.78 is 74.1. The van der Waals surface area contributed by atoms with Crippen LogP contribution < -0.4 is 9.46 Å². The van der Waals surface area contributed by atoms with Crippen LogP contribution in [0.2, 0.25) is 0 Å². The molecule has 0 saturated heterocycles. The Balaban J connectivity index is 1.80. The van der Waals surface area contributed by atoms with Crippen LogP contribution in [-0.4, -0.2) is 21.3 Å². The Labute approximate surface area is 180 Å². The first kappa shape index (κ1) is 21.2. The topological polar surface area (TPSA) is 64.1 Å². The number of rotatable bonds is 5. The van der Waals surface area contributed by atoms with Gasteiger partial charge in [0.15, 0.2) is 16.1 Å². The number of nitrogens with zero attached hydrogens (tertiary/aromatic N) is 2. The van der Waals surface area contributed by atoms with Gasteiger partial charge < -0.3 is 4.74 Å². The molecule has 11 heteroatoms. The van der Waals surface area contributed by atoms with Gasteiger partial charge >= 0.3 is 6.18 Å². The third kappa shape index (κ3) is 4.23. The molecule has 0 aliphatic rings. The van der Waals surface area contributed by atoms with E-state index in [2.05, 4.69) is 14.7 Å². The largest absolute Gasteiger partial charge is 0.496 e. The van der Waals surface area contributed by atoms with Crippen LogP contribution in [0.1, 0.15) is 5.56 Å². The van der Waals surface area contributed by atoms with Crippen LogP contribution >= 0.6 is 11.3 Å². The van der Waals surface area contributed by atoms with E-state index >= 15 is 0 Å². The van der Waals surface area contributed by atoms with Crippen molar-refractivity contribution in [2.45, 2.75) is 11.1 Å². The summed E-state index contributed by atoms with van der Waals surface area (Å²) in [5.41, 5.74) is -0.354. The van der Waals surface area contributed by atoms with E-state index in [-0.39, 0.29) is 22.4 Å². The quantitative estimate of drug-likeness (QED) is 0.385. The van der Waals surface area contributed by atoms with Crippen molar-refractivity contribution in [1.29, 1.82) is 0 Å². The number of methoxy groups -OCH3 is 1. The molecule has 160 valence electrons. The smallest absolute Gasteiger partial charge is 0.416 e. The molecule has 1 N–H and O–H groups in total. The van der Waals surface area contributed by atoms with Crippen molar-refractivity contribution < 1.29 is 26.5 Å². The maximum absolute atomic E-state index is 14.5. The Kier molecular flexibility index (Phi) is 5.63. The Bertz CT molecular complexity index is 1280. The Morgan fingerprint density at radius 1 is 1.10 bits per heavy atom. The fraction of sp³-hybridized carbons (Fsp3) is 0.100. The predicted molar refractivity (Wildman–Crippen MR) is 111 cm³/mol. The molecule has 4 rings (SSSR count). The van der Waals surface area contributed by atoms with E-state index < -0.39 is 28.5 Å². The Morgan fingerprint density at radius 2 is 1.90 bits per heavy atom. The average molecular weight is 467 g/mol. The summed E-state index contributed by atoms with van der Waals surface area (Å²) in [5.74, 6) is -0.703. The van der Waals surface area contributed by atoms with E-state index in [1.807, 2.05) is 0 Å². The van der Waals surface area contributed by atoms with Crippen molar-refractivity contribution in [2.24, 2.45) is 0 Å². The number of benzene rings is 2. The fourth-order valence-electron chi connectivity index (χ4n) is 2.99. The summed E-state index contributed by atoms with van der Waals surface area (Å²) in [6.45, 7) is 0. The molecule has 0 radical (unpaired) electrons. The molecule has 0 aliphatic carbocycles. The third-order valence-corrected chi connectivity index (χ3v) is 6.30. The first-order chi connectivity index (χ1) is 14.8. The molecule has 2 heterocycles. The van der Waals surface area contributed by atoms with E-state index in [4.69, 9.17) is 4.74 Å². The van der Waals surface area contributed by atoms with Crippen LogP contribution in [0.3, 0.4) is 0 Å². The number of fused-ring (bicyclic) bond motifs is 1. The van der Waals surface area contributed by atoms with Crippen molar-refractivity contribution in [2.75, 3.05) is 11.8 Å². The lowest BCUT2D eigenvalue weighted by atomic mass is 10.0. The minimum atomic E-state index is -4.53. The maximum atomic E-state index is 14.5. The molecular formula is C20H13F4N3O2S2. The third-order valence-electron chi connectivity index (χ3n) is 4.42. The lowest BCUT2D eigenvalue weighted by Gasteiger charge is -2.14. The van der Waals surface area contributed by atoms with Gasteiger partial charge in [0, 0.05) is 27.9 Å². The molecule has 5 nitrogen and oxygen atoms in total. The molecule has 1 atom stereocenters. The van der Waals surface area contributed by atoms with Gasteiger partial charge in [-0.15, -0.1) is 11.3 Å². The van der Waals surface area contributed by atoms with Gasteiger partial charge in [-0.1, -0.05) is 6.07 Å². The van der Waals surface area contributed by atoms with Crippen molar-refractivity contribution in [3.05, 3.63) is 65.6 Å². The molecule has 4 aromatic rings. The second-order valence-corrected chi connectivity index (χ2v) is 8.39. The Morgan fingerprint density at radius 3 is 2.58 bits per heavy atom. The molecule has 31 heavy (non-hydrogen) atoms. The number of halogens is 4. The van der Waals surface area contributed by atoms with Gasteiger partial charge in [0.25, 0.3) is 0 Å². The zero-order valence-electron chi connectivity index (χ0n) is 15.7. The van der Waals surface area contributed by atoms with Crippen molar-refractivity contribution in [1.82, 2.24) is 9.97 Å². The second-order valence-electron chi connectivity index (χ2n) is 6.28. The summed E-state index contributed by atoms with van der Waals surface area (Å²) in [6, 6.07) is 7.47. The van der Waals surface area contributed by atoms with Crippen molar-refractivity contribution in [3.8, 4) is 17.0 Å². The highest BCUT2D eigenvalue weighted by molar-refractivity contribution is 7.86. The minimum Gasteiger partial charge on any atom is -0.496 e. The van der Waals surface area contributed by atoms with Crippen molar-refractivity contribution >= 4 is 38.2 Å². The van der Waals surface area contributed by atoms with Crippen LogP contribution in [0, 0.1) is 5.82 Å². The number of hydrogen-bond acceptors (Lipinski definition) is 5. The molecule has 2 aromatic carbocycles. The molecule has 1 unspecified atom stereocenters. The molecule has 0 bridgehead atoms. The summed E-state index contributed by atoms with van der Waals surface area (Å²) in [5, 5.41) is 2.63.